The normalized spacial score (nSPS) is 16.6. The average Bonchev–Trinajstić information content (AvgIpc) is 3.06. The third kappa shape index (κ3) is 5.81. The predicted octanol–water partition coefficient (Wildman–Crippen LogP) is 3.88. The van der Waals surface area contributed by atoms with E-state index < -0.39 is 12.1 Å². The van der Waals surface area contributed by atoms with E-state index in [1.165, 1.54) is 4.90 Å². The molecular weight excluding hydrogens is 556 g/mol. The summed E-state index contributed by atoms with van der Waals surface area (Å²) in [4.78, 5) is 40.6. The molecule has 1 aromatic heterocycles. The number of hydrogen-bond acceptors (Lipinski definition) is 9. The summed E-state index contributed by atoms with van der Waals surface area (Å²) in [5.41, 5.74) is 10.0. The van der Waals surface area contributed by atoms with Gasteiger partial charge in [-0.25, -0.2) is 9.88 Å². The highest BCUT2D eigenvalue weighted by Gasteiger charge is 2.34. The molecule has 44 heavy (non-hydrogen) atoms. The largest absolute Gasteiger partial charge is 0.508 e. The number of carbonyl (C=O) groups excluding carboxylic acids is 2. The summed E-state index contributed by atoms with van der Waals surface area (Å²) in [5.74, 6) is 1.12. The molecule has 0 radical (unpaired) electrons. The van der Waals surface area contributed by atoms with Crippen LogP contribution in [0.1, 0.15) is 16.7 Å². The van der Waals surface area contributed by atoms with Gasteiger partial charge in [-0.05, 0) is 53.9 Å². The number of amides is 1. The summed E-state index contributed by atoms with van der Waals surface area (Å²) in [6.45, 7) is 0.886. The third-order valence-corrected chi connectivity index (χ3v) is 7.67. The fourth-order valence-electron chi connectivity index (χ4n) is 5.38. The Hall–Kier alpha value is -5.32. The van der Waals surface area contributed by atoms with Crippen molar-refractivity contribution in [2.75, 3.05) is 23.6 Å². The molecule has 1 unspecified atom stereocenters. The number of nitrogens with zero attached hydrogens (tertiary/aromatic N) is 4. The van der Waals surface area contributed by atoms with Crippen LogP contribution < -0.4 is 25.6 Å². The molecule has 222 valence electrons. The molecule has 0 saturated carbocycles. The first-order valence-corrected chi connectivity index (χ1v) is 14.3. The van der Waals surface area contributed by atoms with Crippen LogP contribution in [0.4, 0.5) is 17.5 Å². The Bertz CT molecular complexity index is 1720. The van der Waals surface area contributed by atoms with E-state index in [1.807, 2.05) is 65.6 Å². The molecule has 2 heterocycles. The van der Waals surface area contributed by atoms with Crippen LogP contribution in [-0.4, -0.2) is 52.6 Å². The van der Waals surface area contributed by atoms with Crippen LogP contribution in [-0.2, 0) is 22.6 Å². The van der Waals surface area contributed by atoms with Gasteiger partial charge in [0.1, 0.15) is 23.4 Å². The predicted molar refractivity (Wildman–Crippen MR) is 168 cm³/mol. The summed E-state index contributed by atoms with van der Waals surface area (Å²) >= 11 is 0. The first-order valence-electron chi connectivity index (χ1n) is 14.3. The number of nitrogens with two attached hydrogens (primary N) is 1. The average molecular weight is 589 g/mol. The first kappa shape index (κ1) is 28.8. The number of methoxy groups -OCH3 is 1. The molecule has 0 saturated heterocycles. The maximum Gasteiger partial charge on any atom is 0.251 e. The number of benzene rings is 3. The first-order chi connectivity index (χ1) is 21.4. The quantitative estimate of drug-likeness (QED) is 0.280. The molecule has 1 amide bonds. The van der Waals surface area contributed by atoms with Crippen LogP contribution in [0, 0.1) is 0 Å². The lowest BCUT2D eigenvalue weighted by atomic mass is 9.92. The van der Waals surface area contributed by atoms with Crippen molar-refractivity contribution in [3.63, 3.8) is 0 Å². The lowest BCUT2D eigenvalue weighted by molar-refractivity contribution is -0.119. The SMILES string of the molecule is COc1ccc(C2=CC=CC(N3CNCc4cnc(N(C(=O)[C@@H](N)Cc5ccc(O)cc5)c5ccccc5)nc43)C2=O)cc1. The van der Waals surface area contributed by atoms with E-state index in [1.54, 1.807) is 49.7 Å². The second-order valence-corrected chi connectivity index (χ2v) is 10.6. The number of aromatic nitrogens is 2. The van der Waals surface area contributed by atoms with Crippen LogP contribution in [0.25, 0.3) is 5.57 Å². The van der Waals surface area contributed by atoms with Gasteiger partial charge in [-0.2, -0.15) is 4.98 Å². The third-order valence-electron chi connectivity index (χ3n) is 7.67. The second kappa shape index (κ2) is 12.5. The Labute approximate surface area is 255 Å². The molecule has 3 aromatic carbocycles. The smallest absolute Gasteiger partial charge is 0.251 e. The van der Waals surface area contributed by atoms with Gasteiger partial charge in [0, 0.05) is 23.9 Å². The molecule has 0 bridgehead atoms. The number of phenolic OH excluding ortho intramolecular Hbond substituents is 1. The Kier molecular flexibility index (Phi) is 8.18. The van der Waals surface area contributed by atoms with Crippen molar-refractivity contribution >= 4 is 34.7 Å². The molecule has 2 atom stereocenters. The highest BCUT2D eigenvalue weighted by Crippen LogP contribution is 2.32. The van der Waals surface area contributed by atoms with Crippen LogP contribution in [0.3, 0.4) is 0 Å². The van der Waals surface area contributed by atoms with Crippen LogP contribution >= 0.6 is 0 Å². The molecule has 2 aliphatic rings. The lowest BCUT2D eigenvalue weighted by Gasteiger charge is -2.36. The van der Waals surface area contributed by atoms with E-state index in [0.29, 0.717) is 36.0 Å². The topological polar surface area (TPSA) is 134 Å². The van der Waals surface area contributed by atoms with Crippen molar-refractivity contribution < 1.29 is 19.4 Å². The summed E-state index contributed by atoms with van der Waals surface area (Å²) in [6, 6.07) is 21.6. The second-order valence-electron chi connectivity index (χ2n) is 10.6. The Morgan fingerprint density at radius 2 is 1.86 bits per heavy atom. The van der Waals surface area contributed by atoms with Gasteiger partial charge in [-0.3, -0.25) is 14.9 Å². The number of ketones is 1. The van der Waals surface area contributed by atoms with Gasteiger partial charge in [0.2, 0.25) is 5.95 Å². The van der Waals surface area contributed by atoms with Gasteiger partial charge < -0.3 is 20.5 Å². The number of hydrogen-bond donors (Lipinski definition) is 3. The van der Waals surface area contributed by atoms with Crippen molar-refractivity contribution in [2.45, 2.75) is 25.0 Å². The number of anilines is 3. The zero-order valence-corrected chi connectivity index (χ0v) is 24.1. The van der Waals surface area contributed by atoms with E-state index in [9.17, 15) is 14.7 Å². The van der Waals surface area contributed by atoms with Gasteiger partial charge in [0.15, 0.2) is 5.78 Å². The number of para-hydroxylation sites is 1. The minimum Gasteiger partial charge on any atom is -0.508 e. The summed E-state index contributed by atoms with van der Waals surface area (Å²) in [7, 11) is 1.60. The van der Waals surface area contributed by atoms with Gasteiger partial charge in [-0.1, -0.05) is 60.7 Å². The molecule has 1 aliphatic carbocycles. The number of ether oxygens (including phenoxy) is 1. The van der Waals surface area contributed by atoms with Crippen molar-refractivity contribution in [2.24, 2.45) is 5.73 Å². The Balaban J connectivity index is 1.32. The van der Waals surface area contributed by atoms with E-state index in [2.05, 4.69) is 10.3 Å². The summed E-state index contributed by atoms with van der Waals surface area (Å²) in [6.07, 6.45) is 7.48. The maximum absolute atomic E-state index is 13.9. The zero-order chi connectivity index (χ0) is 30.6. The summed E-state index contributed by atoms with van der Waals surface area (Å²) in [5, 5.41) is 13.0. The van der Waals surface area contributed by atoms with Crippen molar-refractivity contribution in [3.8, 4) is 11.5 Å². The van der Waals surface area contributed by atoms with Crippen molar-refractivity contribution in [3.05, 3.63) is 120 Å². The number of rotatable bonds is 8. The Morgan fingerprint density at radius 1 is 1.11 bits per heavy atom. The molecule has 6 rings (SSSR count). The maximum atomic E-state index is 13.9. The highest BCUT2D eigenvalue weighted by molar-refractivity contribution is 6.26. The van der Waals surface area contributed by atoms with Gasteiger partial charge >= 0.3 is 0 Å². The number of Topliss-reactive ketones (excluding diaryl/α,β-unsaturated/α-hetero) is 1. The van der Waals surface area contributed by atoms with Gasteiger partial charge in [0.25, 0.3) is 5.91 Å². The number of carbonyl (C=O) groups is 2. The number of aromatic hydroxyl groups is 1. The van der Waals surface area contributed by atoms with Crippen LogP contribution in [0.15, 0.2) is 103 Å². The van der Waals surface area contributed by atoms with E-state index in [-0.39, 0.29) is 29.8 Å². The Morgan fingerprint density at radius 3 is 2.59 bits per heavy atom. The van der Waals surface area contributed by atoms with E-state index in [4.69, 9.17) is 15.5 Å². The monoisotopic (exact) mass is 588 g/mol. The van der Waals surface area contributed by atoms with Gasteiger partial charge in [0.05, 0.1) is 25.5 Å². The van der Waals surface area contributed by atoms with E-state index in [0.717, 1.165) is 16.7 Å². The number of allylic oxidation sites excluding steroid dienone is 2. The fraction of sp³-hybridized carbons (Fsp3) is 0.176. The fourth-order valence-corrected chi connectivity index (χ4v) is 5.38. The molecular formula is C34H32N6O4. The van der Waals surface area contributed by atoms with Gasteiger partial charge in [-0.15, -0.1) is 0 Å². The molecule has 1 aliphatic heterocycles. The lowest BCUT2D eigenvalue weighted by Crippen LogP contribution is -2.50. The number of nitrogens with one attached hydrogen (secondary N) is 1. The molecule has 4 aromatic rings. The number of fused-ring (bicyclic) bond motifs is 1. The number of phenols is 1. The van der Waals surface area contributed by atoms with E-state index >= 15 is 0 Å². The minimum atomic E-state index is -0.905. The van der Waals surface area contributed by atoms with Crippen molar-refractivity contribution in [1.29, 1.82) is 0 Å². The molecule has 0 fully saturated rings. The highest BCUT2D eigenvalue weighted by atomic mass is 16.5. The molecule has 10 nitrogen and oxygen atoms in total. The van der Waals surface area contributed by atoms with Crippen molar-refractivity contribution in [1.82, 2.24) is 15.3 Å². The van der Waals surface area contributed by atoms with Crippen LogP contribution in [0.2, 0.25) is 0 Å². The summed E-state index contributed by atoms with van der Waals surface area (Å²) < 4.78 is 5.27. The molecule has 4 N–H and O–H groups in total. The standard InChI is InChI=1S/C34H32N6O4/c1-44-27-16-12-23(13-17-27)28-8-5-9-30(31(28)42)39-21-36-19-24-20-37-34(38-32(24)39)40(25-6-3-2-4-7-25)33(43)29(35)18-22-10-14-26(41)15-11-22/h2-17,20,29-30,36,41H,18-19,21,35H2,1H3/t29-,30?/m0/s1. The minimum absolute atomic E-state index is 0.0700. The van der Waals surface area contributed by atoms with Crippen LogP contribution in [0.5, 0.6) is 11.5 Å². The molecule has 10 heteroatoms. The zero-order valence-electron chi connectivity index (χ0n) is 24.1. The molecule has 0 spiro atoms.